The van der Waals surface area contributed by atoms with Crippen molar-refractivity contribution >= 4 is 46.0 Å². The molecule has 1 fully saturated rings. The zero-order valence-corrected chi connectivity index (χ0v) is 15.3. The van der Waals surface area contributed by atoms with Crippen molar-refractivity contribution in [1.82, 2.24) is 4.98 Å². The van der Waals surface area contributed by atoms with Crippen molar-refractivity contribution in [3.8, 4) is 11.1 Å². The third kappa shape index (κ3) is 3.31. The minimum atomic E-state index is -0.111. The standard InChI is InChI=1S/C21H14N2OS2/c24-20-19(26-21(25)23(20)18-7-4-12-22-14-18)13-15-8-10-17(11-9-15)16-5-2-1-3-6-16/h1-14H/b19-13-. The molecule has 1 aliphatic rings. The minimum Gasteiger partial charge on any atom is -0.268 e. The van der Waals surface area contributed by atoms with Crippen LogP contribution in [0.15, 0.2) is 84.0 Å². The zero-order chi connectivity index (χ0) is 17.9. The summed E-state index contributed by atoms with van der Waals surface area (Å²) in [5.41, 5.74) is 3.97. The number of hydrogen-bond acceptors (Lipinski definition) is 4. The fourth-order valence-electron chi connectivity index (χ4n) is 2.73. The van der Waals surface area contributed by atoms with Gasteiger partial charge in [0.2, 0.25) is 0 Å². The lowest BCUT2D eigenvalue weighted by Gasteiger charge is -2.13. The minimum absolute atomic E-state index is 0.111. The maximum absolute atomic E-state index is 12.7. The maximum Gasteiger partial charge on any atom is 0.270 e. The van der Waals surface area contributed by atoms with Crippen molar-refractivity contribution in [3.05, 3.63) is 89.6 Å². The predicted molar refractivity (Wildman–Crippen MR) is 112 cm³/mol. The summed E-state index contributed by atoms with van der Waals surface area (Å²) >= 11 is 6.69. The molecule has 0 spiro atoms. The van der Waals surface area contributed by atoms with Crippen LogP contribution in [0.25, 0.3) is 17.2 Å². The Balaban J connectivity index is 1.59. The van der Waals surface area contributed by atoms with Crippen molar-refractivity contribution in [2.45, 2.75) is 0 Å². The molecule has 0 atom stereocenters. The SMILES string of the molecule is O=C1/C(=C/c2ccc(-c3ccccc3)cc2)SC(=S)N1c1cccnc1. The molecule has 1 amide bonds. The molecule has 3 nitrogen and oxygen atoms in total. The Morgan fingerprint density at radius 1 is 0.923 bits per heavy atom. The fraction of sp³-hybridized carbons (Fsp3) is 0. The van der Waals surface area contributed by atoms with Crippen LogP contribution in [-0.4, -0.2) is 15.2 Å². The van der Waals surface area contributed by atoms with E-state index in [4.69, 9.17) is 12.2 Å². The molecule has 0 saturated carbocycles. The molecule has 5 heteroatoms. The number of anilines is 1. The number of rotatable bonds is 3. The second-order valence-corrected chi connectivity index (χ2v) is 7.39. The molecule has 26 heavy (non-hydrogen) atoms. The molecule has 0 unspecified atom stereocenters. The van der Waals surface area contributed by atoms with E-state index in [9.17, 15) is 4.79 Å². The van der Waals surface area contributed by atoms with Gasteiger partial charge in [0.15, 0.2) is 4.32 Å². The number of amides is 1. The van der Waals surface area contributed by atoms with E-state index in [0.29, 0.717) is 14.9 Å². The van der Waals surface area contributed by atoms with Crippen LogP contribution in [0.5, 0.6) is 0 Å². The van der Waals surface area contributed by atoms with Gasteiger partial charge in [0.1, 0.15) is 0 Å². The highest BCUT2D eigenvalue weighted by Gasteiger charge is 2.33. The Morgan fingerprint density at radius 3 is 2.35 bits per heavy atom. The first kappa shape index (κ1) is 16.7. The number of nitrogens with zero attached hydrogens (tertiary/aromatic N) is 2. The number of pyridine rings is 1. The maximum atomic E-state index is 12.7. The molecule has 1 aliphatic heterocycles. The Hall–Kier alpha value is -2.76. The lowest BCUT2D eigenvalue weighted by Crippen LogP contribution is -2.27. The summed E-state index contributed by atoms with van der Waals surface area (Å²) in [6.45, 7) is 0. The molecule has 0 aliphatic carbocycles. The van der Waals surface area contributed by atoms with Crippen molar-refractivity contribution in [2.75, 3.05) is 4.90 Å². The fourth-order valence-corrected chi connectivity index (χ4v) is 4.03. The number of benzene rings is 2. The van der Waals surface area contributed by atoms with Crippen LogP contribution >= 0.6 is 24.0 Å². The van der Waals surface area contributed by atoms with Crippen LogP contribution in [-0.2, 0) is 4.79 Å². The van der Waals surface area contributed by atoms with Crippen LogP contribution in [0.4, 0.5) is 5.69 Å². The second-order valence-electron chi connectivity index (χ2n) is 5.72. The second kappa shape index (κ2) is 7.23. The van der Waals surface area contributed by atoms with E-state index in [1.54, 1.807) is 18.5 Å². The van der Waals surface area contributed by atoms with Crippen LogP contribution in [0.1, 0.15) is 5.56 Å². The summed E-state index contributed by atoms with van der Waals surface area (Å²) in [7, 11) is 0. The van der Waals surface area contributed by atoms with Crippen LogP contribution in [0, 0.1) is 0 Å². The number of carbonyl (C=O) groups excluding carboxylic acids is 1. The quantitative estimate of drug-likeness (QED) is 0.469. The first-order valence-corrected chi connectivity index (χ1v) is 9.28. The zero-order valence-electron chi connectivity index (χ0n) is 13.7. The third-order valence-corrected chi connectivity index (χ3v) is 5.32. The molecule has 2 aromatic carbocycles. The Labute approximate surface area is 161 Å². The Kier molecular flexibility index (Phi) is 4.65. The van der Waals surface area contributed by atoms with Gasteiger partial charge < -0.3 is 0 Å². The predicted octanol–water partition coefficient (Wildman–Crippen LogP) is 5.15. The Morgan fingerprint density at radius 2 is 1.65 bits per heavy atom. The summed E-state index contributed by atoms with van der Waals surface area (Å²) in [6.07, 6.45) is 5.19. The molecular formula is C21H14N2OS2. The molecule has 126 valence electrons. The van der Waals surface area contributed by atoms with Crippen LogP contribution < -0.4 is 4.90 Å². The third-order valence-electron chi connectivity index (χ3n) is 4.01. The summed E-state index contributed by atoms with van der Waals surface area (Å²) in [6, 6.07) is 22.0. The largest absolute Gasteiger partial charge is 0.270 e. The van der Waals surface area contributed by atoms with E-state index in [1.807, 2.05) is 42.5 Å². The van der Waals surface area contributed by atoms with Gasteiger partial charge in [0.05, 0.1) is 16.8 Å². The van der Waals surface area contributed by atoms with Gasteiger partial charge in [-0.15, -0.1) is 0 Å². The monoisotopic (exact) mass is 374 g/mol. The molecule has 0 bridgehead atoms. The van der Waals surface area contributed by atoms with Gasteiger partial charge in [-0.3, -0.25) is 14.7 Å². The Bertz CT molecular complexity index is 984. The number of thioether (sulfide) groups is 1. The summed E-state index contributed by atoms with van der Waals surface area (Å²) in [4.78, 5) is 18.9. The number of hydrogen-bond donors (Lipinski definition) is 0. The first-order valence-electron chi connectivity index (χ1n) is 8.06. The highest BCUT2D eigenvalue weighted by atomic mass is 32.2. The molecule has 3 aromatic rings. The molecule has 4 rings (SSSR count). The lowest BCUT2D eigenvalue weighted by atomic mass is 10.0. The van der Waals surface area contributed by atoms with E-state index < -0.39 is 0 Å². The van der Waals surface area contributed by atoms with Gasteiger partial charge in [-0.25, -0.2) is 0 Å². The number of aromatic nitrogens is 1. The van der Waals surface area contributed by atoms with Gasteiger partial charge in [-0.2, -0.15) is 0 Å². The number of carbonyl (C=O) groups is 1. The topological polar surface area (TPSA) is 33.2 Å². The summed E-state index contributed by atoms with van der Waals surface area (Å²) < 4.78 is 0.523. The van der Waals surface area contributed by atoms with Gasteiger partial charge in [0, 0.05) is 6.20 Å². The highest BCUT2D eigenvalue weighted by molar-refractivity contribution is 8.27. The van der Waals surface area contributed by atoms with Crippen molar-refractivity contribution in [3.63, 3.8) is 0 Å². The van der Waals surface area contributed by atoms with Crippen LogP contribution in [0.2, 0.25) is 0 Å². The average molecular weight is 374 g/mol. The van der Waals surface area contributed by atoms with E-state index in [1.165, 1.54) is 22.2 Å². The normalized spacial score (nSPS) is 15.7. The molecule has 2 heterocycles. The van der Waals surface area contributed by atoms with E-state index in [0.717, 1.165) is 11.1 Å². The molecule has 0 radical (unpaired) electrons. The molecular weight excluding hydrogens is 360 g/mol. The smallest absolute Gasteiger partial charge is 0.268 e. The van der Waals surface area contributed by atoms with Gasteiger partial charge in [-0.1, -0.05) is 78.6 Å². The van der Waals surface area contributed by atoms with Crippen molar-refractivity contribution in [1.29, 1.82) is 0 Å². The van der Waals surface area contributed by atoms with Crippen molar-refractivity contribution < 1.29 is 4.79 Å². The summed E-state index contributed by atoms with van der Waals surface area (Å²) in [5.74, 6) is -0.111. The van der Waals surface area contributed by atoms with E-state index in [2.05, 4.69) is 29.2 Å². The average Bonchev–Trinajstić information content (AvgIpc) is 2.97. The van der Waals surface area contributed by atoms with Gasteiger partial charge in [-0.05, 0) is 34.9 Å². The van der Waals surface area contributed by atoms with Gasteiger partial charge in [0.25, 0.3) is 5.91 Å². The molecule has 0 N–H and O–H groups in total. The lowest BCUT2D eigenvalue weighted by molar-refractivity contribution is -0.113. The molecule has 1 aromatic heterocycles. The van der Waals surface area contributed by atoms with Gasteiger partial charge >= 0.3 is 0 Å². The van der Waals surface area contributed by atoms with E-state index >= 15 is 0 Å². The summed E-state index contributed by atoms with van der Waals surface area (Å²) in [5, 5.41) is 0. The number of thiocarbonyl (C=S) groups is 1. The molecule has 1 saturated heterocycles. The van der Waals surface area contributed by atoms with Crippen LogP contribution in [0.3, 0.4) is 0 Å². The van der Waals surface area contributed by atoms with Crippen molar-refractivity contribution in [2.24, 2.45) is 0 Å². The highest BCUT2D eigenvalue weighted by Crippen LogP contribution is 2.35. The van der Waals surface area contributed by atoms with E-state index in [-0.39, 0.29) is 5.91 Å². The first-order chi connectivity index (χ1) is 12.7.